The summed E-state index contributed by atoms with van der Waals surface area (Å²) in [6.45, 7) is 7.72. The second-order valence-electron chi connectivity index (χ2n) is 8.55. The van der Waals surface area contributed by atoms with Crippen molar-refractivity contribution in [2.45, 2.75) is 44.6 Å². The minimum Gasteiger partial charge on any atom is -0.496 e. The van der Waals surface area contributed by atoms with Gasteiger partial charge in [0.15, 0.2) is 0 Å². The Morgan fingerprint density at radius 1 is 0.941 bits per heavy atom. The normalized spacial score (nSPS) is 12.3. The van der Waals surface area contributed by atoms with Crippen LogP contribution < -0.4 is 14.4 Å². The van der Waals surface area contributed by atoms with Gasteiger partial charge in [-0.25, -0.2) is 8.42 Å². The molecule has 3 aromatic rings. The molecule has 0 aliphatic rings. The van der Waals surface area contributed by atoms with E-state index in [4.69, 9.17) is 4.74 Å². The summed E-state index contributed by atoms with van der Waals surface area (Å²) in [4.78, 5) is 13.2. The molecule has 0 saturated heterocycles. The molecule has 3 aromatic carbocycles. The zero-order valence-electron chi connectivity index (χ0n) is 20.3. The van der Waals surface area contributed by atoms with Gasteiger partial charge < -0.3 is 10.1 Å². The SMILES string of the molecule is COc1cc(C)c([C@@H](C)NC(=O)CN(c2ccccc2)S(=O)(=O)c2ccccc2)cc1C(C)C. The van der Waals surface area contributed by atoms with Gasteiger partial charge in [0.2, 0.25) is 5.91 Å². The fourth-order valence-corrected chi connectivity index (χ4v) is 5.38. The standard InChI is InChI=1S/C27H32N2O4S/c1-19(2)24-17-25(20(3)16-26(24)33-5)21(4)28-27(30)18-29(22-12-8-6-9-13-22)34(31,32)23-14-10-7-11-15-23/h6-17,19,21H,18H2,1-5H3,(H,28,30)/t21-/m1/s1. The maximum Gasteiger partial charge on any atom is 0.264 e. The van der Waals surface area contributed by atoms with Gasteiger partial charge in [-0.05, 0) is 72.9 Å². The first-order valence-electron chi connectivity index (χ1n) is 11.3. The van der Waals surface area contributed by atoms with Crippen LogP contribution in [0.1, 0.15) is 49.4 Å². The zero-order chi connectivity index (χ0) is 24.9. The number of anilines is 1. The van der Waals surface area contributed by atoms with Crippen molar-refractivity contribution in [3.63, 3.8) is 0 Å². The number of amides is 1. The molecule has 0 unspecified atom stereocenters. The van der Waals surface area contributed by atoms with E-state index >= 15 is 0 Å². The van der Waals surface area contributed by atoms with E-state index in [0.717, 1.165) is 26.7 Å². The van der Waals surface area contributed by atoms with Crippen molar-refractivity contribution in [2.24, 2.45) is 0 Å². The molecule has 1 amide bonds. The van der Waals surface area contributed by atoms with Gasteiger partial charge in [-0.3, -0.25) is 9.10 Å². The highest BCUT2D eigenvalue weighted by Crippen LogP contribution is 2.32. The molecule has 34 heavy (non-hydrogen) atoms. The maximum absolute atomic E-state index is 13.4. The number of methoxy groups -OCH3 is 1. The Morgan fingerprint density at radius 3 is 2.09 bits per heavy atom. The van der Waals surface area contributed by atoms with Gasteiger partial charge >= 0.3 is 0 Å². The second-order valence-corrected chi connectivity index (χ2v) is 10.4. The number of rotatable bonds is 9. The van der Waals surface area contributed by atoms with Crippen LogP contribution in [0.25, 0.3) is 0 Å². The van der Waals surface area contributed by atoms with Crippen LogP contribution in [0.4, 0.5) is 5.69 Å². The number of hydrogen-bond acceptors (Lipinski definition) is 4. The minimum absolute atomic E-state index is 0.132. The van der Waals surface area contributed by atoms with Crippen molar-refractivity contribution < 1.29 is 17.9 Å². The number of para-hydroxylation sites is 1. The number of aryl methyl sites for hydroxylation is 1. The summed E-state index contributed by atoms with van der Waals surface area (Å²) in [7, 11) is -2.28. The highest BCUT2D eigenvalue weighted by atomic mass is 32.2. The maximum atomic E-state index is 13.4. The van der Waals surface area contributed by atoms with E-state index in [1.165, 1.54) is 12.1 Å². The van der Waals surface area contributed by atoms with Gasteiger partial charge in [-0.1, -0.05) is 50.2 Å². The van der Waals surface area contributed by atoms with Crippen molar-refractivity contribution in [3.8, 4) is 5.75 Å². The van der Waals surface area contributed by atoms with Crippen LogP contribution in [0.2, 0.25) is 0 Å². The van der Waals surface area contributed by atoms with E-state index in [1.807, 2.05) is 19.9 Å². The number of nitrogens with one attached hydrogen (secondary N) is 1. The first kappa shape index (κ1) is 25.3. The molecule has 0 aliphatic carbocycles. The molecule has 0 aliphatic heterocycles. The largest absolute Gasteiger partial charge is 0.496 e. The van der Waals surface area contributed by atoms with Crippen LogP contribution in [-0.4, -0.2) is 28.0 Å². The van der Waals surface area contributed by atoms with Crippen molar-refractivity contribution in [1.82, 2.24) is 5.32 Å². The first-order chi connectivity index (χ1) is 16.1. The van der Waals surface area contributed by atoms with Crippen molar-refractivity contribution in [1.29, 1.82) is 0 Å². The third-order valence-corrected chi connectivity index (χ3v) is 7.54. The van der Waals surface area contributed by atoms with E-state index in [2.05, 4.69) is 25.2 Å². The van der Waals surface area contributed by atoms with Gasteiger partial charge in [0.1, 0.15) is 12.3 Å². The molecular formula is C27H32N2O4S. The van der Waals surface area contributed by atoms with Gasteiger partial charge in [0, 0.05) is 0 Å². The van der Waals surface area contributed by atoms with Gasteiger partial charge in [0.05, 0.1) is 23.7 Å². The van der Waals surface area contributed by atoms with E-state index < -0.39 is 15.9 Å². The summed E-state index contributed by atoms with van der Waals surface area (Å²) in [5, 5.41) is 2.98. The quantitative estimate of drug-likeness (QED) is 0.457. The molecular weight excluding hydrogens is 448 g/mol. The average molecular weight is 481 g/mol. The Labute approximate surface area is 202 Å². The van der Waals surface area contributed by atoms with Crippen LogP contribution in [0.15, 0.2) is 77.7 Å². The lowest BCUT2D eigenvalue weighted by Gasteiger charge is -2.26. The molecule has 0 fully saturated rings. The lowest BCUT2D eigenvalue weighted by atomic mass is 9.93. The number of hydrogen-bond donors (Lipinski definition) is 1. The number of sulfonamides is 1. The fourth-order valence-electron chi connectivity index (χ4n) is 3.93. The summed E-state index contributed by atoms with van der Waals surface area (Å²) >= 11 is 0. The lowest BCUT2D eigenvalue weighted by Crippen LogP contribution is -2.41. The number of carbonyl (C=O) groups is 1. The number of carbonyl (C=O) groups excluding carboxylic acids is 1. The molecule has 0 spiro atoms. The molecule has 0 heterocycles. The Hall–Kier alpha value is -3.32. The Bertz CT molecular complexity index is 1230. The summed E-state index contributed by atoms with van der Waals surface area (Å²) < 4.78 is 33.5. The molecule has 6 nitrogen and oxygen atoms in total. The summed E-state index contributed by atoms with van der Waals surface area (Å²) in [6.07, 6.45) is 0. The zero-order valence-corrected chi connectivity index (χ0v) is 21.1. The third kappa shape index (κ3) is 5.59. The summed E-state index contributed by atoms with van der Waals surface area (Å²) in [5.74, 6) is 0.679. The molecule has 0 bridgehead atoms. The predicted octanol–water partition coefficient (Wildman–Crippen LogP) is 5.20. The first-order valence-corrected chi connectivity index (χ1v) is 12.7. The average Bonchev–Trinajstić information content (AvgIpc) is 2.83. The second kappa shape index (κ2) is 10.7. The minimum atomic E-state index is -3.93. The molecule has 3 rings (SSSR count). The highest BCUT2D eigenvalue weighted by molar-refractivity contribution is 7.92. The van der Waals surface area contributed by atoms with Crippen molar-refractivity contribution in [2.75, 3.05) is 18.0 Å². The van der Waals surface area contributed by atoms with E-state index in [9.17, 15) is 13.2 Å². The molecule has 0 aromatic heterocycles. The molecule has 180 valence electrons. The van der Waals surface area contributed by atoms with Crippen LogP contribution in [0.5, 0.6) is 5.75 Å². The Morgan fingerprint density at radius 2 is 1.53 bits per heavy atom. The van der Waals surface area contributed by atoms with Crippen molar-refractivity contribution >= 4 is 21.6 Å². The van der Waals surface area contributed by atoms with Crippen LogP contribution in [-0.2, 0) is 14.8 Å². The van der Waals surface area contributed by atoms with Crippen molar-refractivity contribution in [3.05, 3.63) is 89.5 Å². The lowest BCUT2D eigenvalue weighted by molar-refractivity contribution is -0.120. The van der Waals surface area contributed by atoms with Crippen LogP contribution in [0, 0.1) is 6.92 Å². The van der Waals surface area contributed by atoms with E-state index in [-0.39, 0.29) is 23.4 Å². The summed E-state index contributed by atoms with van der Waals surface area (Å²) in [5.41, 5.74) is 3.44. The topological polar surface area (TPSA) is 75.7 Å². The van der Waals surface area contributed by atoms with Gasteiger partial charge in [-0.2, -0.15) is 0 Å². The molecule has 7 heteroatoms. The summed E-state index contributed by atoms with van der Waals surface area (Å²) in [6, 6.07) is 20.5. The predicted molar refractivity (Wildman–Crippen MR) is 136 cm³/mol. The third-order valence-electron chi connectivity index (χ3n) is 5.75. The number of ether oxygens (including phenoxy) is 1. The van der Waals surface area contributed by atoms with Crippen LogP contribution >= 0.6 is 0 Å². The van der Waals surface area contributed by atoms with E-state index in [0.29, 0.717) is 5.69 Å². The number of nitrogens with zero attached hydrogens (tertiary/aromatic N) is 1. The van der Waals surface area contributed by atoms with Gasteiger partial charge in [0.25, 0.3) is 10.0 Å². The Balaban J connectivity index is 1.88. The monoisotopic (exact) mass is 480 g/mol. The molecule has 0 saturated carbocycles. The molecule has 0 radical (unpaired) electrons. The fraction of sp³-hybridized carbons (Fsp3) is 0.296. The van der Waals surface area contributed by atoms with Crippen LogP contribution in [0.3, 0.4) is 0 Å². The highest BCUT2D eigenvalue weighted by Gasteiger charge is 2.27. The van der Waals surface area contributed by atoms with E-state index in [1.54, 1.807) is 55.6 Å². The van der Waals surface area contributed by atoms with Gasteiger partial charge in [-0.15, -0.1) is 0 Å². The molecule has 1 atom stereocenters. The Kier molecular flexibility index (Phi) is 7.99. The smallest absolute Gasteiger partial charge is 0.264 e. The number of benzene rings is 3. The molecule has 1 N–H and O–H groups in total.